The zero-order valence-corrected chi connectivity index (χ0v) is 10.4. The fourth-order valence-electron chi connectivity index (χ4n) is 3.73. The van der Waals surface area contributed by atoms with Crippen molar-refractivity contribution in [3.63, 3.8) is 0 Å². The SMILES string of the molecule is CN1NC2(CCCCC2)O[C@H]2CCCC[C@H]21. The highest BCUT2D eigenvalue weighted by atomic mass is 16.5. The first-order valence-electron chi connectivity index (χ1n) is 6.98. The number of hydrogen-bond donors (Lipinski definition) is 1. The second-order valence-electron chi connectivity index (χ2n) is 5.79. The van der Waals surface area contributed by atoms with Gasteiger partial charge in [-0.15, -0.1) is 0 Å². The van der Waals surface area contributed by atoms with Gasteiger partial charge in [0, 0.05) is 7.05 Å². The average molecular weight is 224 g/mol. The van der Waals surface area contributed by atoms with Gasteiger partial charge in [0.1, 0.15) is 5.72 Å². The van der Waals surface area contributed by atoms with Crippen molar-refractivity contribution in [2.45, 2.75) is 75.7 Å². The molecule has 3 heteroatoms. The maximum Gasteiger partial charge on any atom is 0.132 e. The molecule has 0 unspecified atom stereocenters. The van der Waals surface area contributed by atoms with E-state index >= 15 is 0 Å². The Morgan fingerprint density at radius 2 is 1.81 bits per heavy atom. The van der Waals surface area contributed by atoms with Gasteiger partial charge in [0.25, 0.3) is 0 Å². The Balaban J connectivity index is 1.74. The predicted molar refractivity (Wildman–Crippen MR) is 63.8 cm³/mol. The Kier molecular flexibility index (Phi) is 2.94. The third-order valence-corrected chi connectivity index (χ3v) is 4.58. The highest BCUT2D eigenvalue weighted by Gasteiger charge is 2.45. The number of likely N-dealkylation sites (N-methyl/N-ethyl adjacent to an activating group) is 1. The van der Waals surface area contributed by atoms with E-state index in [1.54, 1.807) is 0 Å². The molecule has 2 saturated carbocycles. The van der Waals surface area contributed by atoms with Crippen LogP contribution in [0.1, 0.15) is 57.8 Å². The fraction of sp³-hybridized carbons (Fsp3) is 1.00. The number of fused-ring (bicyclic) bond motifs is 1. The van der Waals surface area contributed by atoms with Gasteiger partial charge >= 0.3 is 0 Å². The molecular formula is C13H24N2O. The monoisotopic (exact) mass is 224 g/mol. The molecule has 3 fully saturated rings. The van der Waals surface area contributed by atoms with Crippen LogP contribution in [-0.4, -0.2) is 29.9 Å². The van der Waals surface area contributed by atoms with E-state index in [1.807, 2.05) is 0 Å². The lowest BCUT2D eigenvalue weighted by Crippen LogP contribution is -2.68. The van der Waals surface area contributed by atoms with Crippen molar-refractivity contribution in [2.24, 2.45) is 0 Å². The van der Waals surface area contributed by atoms with Gasteiger partial charge in [-0.05, 0) is 38.5 Å². The van der Waals surface area contributed by atoms with Gasteiger partial charge in [0.2, 0.25) is 0 Å². The number of ether oxygens (including phenoxy) is 1. The van der Waals surface area contributed by atoms with E-state index in [4.69, 9.17) is 4.74 Å². The second kappa shape index (κ2) is 4.28. The van der Waals surface area contributed by atoms with Crippen molar-refractivity contribution >= 4 is 0 Å². The number of hydrogen-bond acceptors (Lipinski definition) is 3. The van der Waals surface area contributed by atoms with Gasteiger partial charge in [-0.25, -0.2) is 10.4 Å². The molecule has 0 aromatic rings. The Hall–Kier alpha value is -0.120. The topological polar surface area (TPSA) is 24.5 Å². The van der Waals surface area contributed by atoms with Crippen LogP contribution in [0.5, 0.6) is 0 Å². The quantitative estimate of drug-likeness (QED) is 0.684. The van der Waals surface area contributed by atoms with Crippen LogP contribution in [0.25, 0.3) is 0 Å². The summed E-state index contributed by atoms with van der Waals surface area (Å²) in [5.74, 6) is 0. The molecule has 0 amide bonds. The molecule has 1 aliphatic heterocycles. The lowest BCUT2D eigenvalue weighted by atomic mass is 9.87. The van der Waals surface area contributed by atoms with Crippen molar-refractivity contribution in [3.05, 3.63) is 0 Å². The predicted octanol–water partition coefficient (Wildman–Crippen LogP) is 2.42. The van der Waals surface area contributed by atoms with E-state index in [9.17, 15) is 0 Å². The van der Waals surface area contributed by atoms with E-state index in [0.717, 1.165) is 0 Å². The van der Waals surface area contributed by atoms with Gasteiger partial charge in [0.15, 0.2) is 0 Å². The van der Waals surface area contributed by atoms with E-state index in [0.29, 0.717) is 12.1 Å². The molecule has 16 heavy (non-hydrogen) atoms. The van der Waals surface area contributed by atoms with Crippen LogP contribution in [0.4, 0.5) is 0 Å². The summed E-state index contributed by atoms with van der Waals surface area (Å²) >= 11 is 0. The maximum absolute atomic E-state index is 6.44. The molecule has 1 spiro atoms. The van der Waals surface area contributed by atoms with E-state index in [-0.39, 0.29) is 5.72 Å². The molecule has 0 bridgehead atoms. The van der Waals surface area contributed by atoms with Crippen molar-refractivity contribution in [3.8, 4) is 0 Å². The third kappa shape index (κ3) is 1.89. The molecule has 3 aliphatic rings. The van der Waals surface area contributed by atoms with Gasteiger partial charge in [-0.3, -0.25) is 0 Å². The molecule has 92 valence electrons. The minimum absolute atomic E-state index is 0.00843. The van der Waals surface area contributed by atoms with Crippen molar-refractivity contribution in [1.29, 1.82) is 0 Å². The Morgan fingerprint density at radius 3 is 2.62 bits per heavy atom. The lowest BCUT2D eigenvalue weighted by Gasteiger charge is -2.53. The van der Waals surface area contributed by atoms with E-state index < -0.39 is 0 Å². The summed E-state index contributed by atoms with van der Waals surface area (Å²) in [5.41, 5.74) is 3.63. The normalized spacial score (nSPS) is 39.6. The molecule has 0 radical (unpaired) electrons. The summed E-state index contributed by atoms with van der Waals surface area (Å²) in [4.78, 5) is 0. The third-order valence-electron chi connectivity index (χ3n) is 4.58. The molecule has 0 aromatic heterocycles. The summed E-state index contributed by atoms with van der Waals surface area (Å²) in [6.07, 6.45) is 12.2. The van der Waals surface area contributed by atoms with Crippen LogP contribution in [-0.2, 0) is 4.74 Å². The van der Waals surface area contributed by atoms with Gasteiger partial charge in [-0.1, -0.05) is 19.3 Å². The zero-order valence-electron chi connectivity index (χ0n) is 10.4. The number of nitrogens with one attached hydrogen (secondary N) is 1. The van der Waals surface area contributed by atoms with Crippen molar-refractivity contribution in [1.82, 2.24) is 10.4 Å². The molecule has 3 rings (SSSR count). The van der Waals surface area contributed by atoms with Gasteiger partial charge in [-0.2, -0.15) is 0 Å². The first-order valence-corrected chi connectivity index (χ1v) is 6.98. The molecule has 1 heterocycles. The first kappa shape index (κ1) is 11.0. The number of nitrogens with zero attached hydrogens (tertiary/aromatic N) is 1. The highest BCUT2D eigenvalue weighted by Crippen LogP contribution is 2.38. The lowest BCUT2D eigenvalue weighted by molar-refractivity contribution is -0.239. The fourth-order valence-corrected chi connectivity index (χ4v) is 3.73. The standard InChI is InChI=1S/C13H24N2O/c1-15-11-7-3-4-8-12(11)16-13(14-15)9-5-2-6-10-13/h11-12,14H,2-10H2,1H3/t11-,12+/m1/s1. The largest absolute Gasteiger partial charge is 0.354 e. The van der Waals surface area contributed by atoms with Crippen LogP contribution in [0.15, 0.2) is 0 Å². The van der Waals surface area contributed by atoms with E-state index in [2.05, 4.69) is 17.5 Å². The molecule has 3 nitrogen and oxygen atoms in total. The number of rotatable bonds is 0. The summed E-state index contributed by atoms with van der Waals surface area (Å²) in [6, 6.07) is 0.612. The minimum Gasteiger partial charge on any atom is -0.354 e. The summed E-state index contributed by atoms with van der Waals surface area (Å²) < 4.78 is 6.44. The van der Waals surface area contributed by atoms with Crippen molar-refractivity contribution < 1.29 is 4.74 Å². The number of hydrazine groups is 1. The average Bonchev–Trinajstić information content (AvgIpc) is 2.30. The summed E-state index contributed by atoms with van der Waals surface area (Å²) in [5, 5.41) is 2.36. The molecule has 1 saturated heterocycles. The van der Waals surface area contributed by atoms with E-state index in [1.165, 1.54) is 57.8 Å². The van der Waals surface area contributed by atoms with Crippen LogP contribution >= 0.6 is 0 Å². The van der Waals surface area contributed by atoms with Crippen LogP contribution in [0.2, 0.25) is 0 Å². The summed E-state index contributed by atoms with van der Waals surface area (Å²) in [6.45, 7) is 0. The van der Waals surface area contributed by atoms with Crippen molar-refractivity contribution in [2.75, 3.05) is 7.05 Å². The maximum atomic E-state index is 6.44. The van der Waals surface area contributed by atoms with Crippen LogP contribution in [0.3, 0.4) is 0 Å². The van der Waals surface area contributed by atoms with Crippen LogP contribution in [0, 0.1) is 0 Å². The molecule has 1 N–H and O–H groups in total. The van der Waals surface area contributed by atoms with Gasteiger partial charge < -0.3 is 4.74 Å². The van der Waals surface area contributed by atoms with Crippen LogP contribution < -0.4 is 5.43 Å². The molecule has 0 aromatic carbocycles. The smallest absolute Gasteiger partial charge is 0.132 e. The Bertz CT molecular complexity index is 250. The zero-order chi connectivity index (χ0) is 11.0. The molecule has 2 aliphatic carbocycles. The molecule has 2 atom stereocenters. The minimum atomic E-state index is -0.00843. The molecular weight excluding hydrogens is 200 g/mol. The highest BCUT2D eigenvalue weighted by molar-refractivity contribution is 4.92. The second-order valence-corrected chi connectivity index (χ2v) is 5.79. The first-order chi connectivity index (χ1) is 7.79. The van der Waals surface area contributed by atoms with Gasteiger partial charge in [0.05, 0.1) is 12.1 Å². The Labute approximate surface area is 98.5 Å². The Morgan fingerprint density at radius 1 is 1.06 bits per heavy atom. The summed E-state index contributed by atoms with van der Waals surface area (Å²) in [7, 11) is 2.21.